The highest BCUT2D eigenvalue weighted by atomic mass is 32.1. The first-order valence-electron chi connectivity index (χ1n) is 9.85. The molecule has 1 saturated heterocycles. The number of hydrogen-bond acceptors (Lipinski definition) is 5. The van der Waals surface area contributed by atoms with E-state index in [9.17, 15) is 27.2 Å². The number of rotatable bonds is 3. The van der Waals surface area contributed by atoms with Crippen LogP contribution >= 0.6 is 11.3 Å². The number of fused-ring (bicyclic) bond motifs is 1. The van der Waals surface area contributed by atoms with Crippen LogP contribution in [-0.4, -0.2) is 47.6 Å². The van der Waals surface area contributed by atoms with Crippen LogP contribution in [0.15, 0.2) is 42.5 Å². The summed E-state index contributed by atoms with van der Waals surface area (Å²) < 4.78 is 56.0. The molecule has 33 heavy (non-hydrogen) atoms. The zero-order valence-corrected chi connectivity index (χ0v) is 18.3. The van der Waals surface area contributed by atoms with Gasteiger partial charge in [0.15, 0.2) is 5.13 Å². The lowest BCUT2D eigenvalue weighted by Crippen LogP contribution is -2.70. The van der Waals surface area contributed by atoms with E-state index in [1.165, 1.54) is 49.5 Å². The fraction of sp³-hybridized carbons (Fsp3) is 0.286. The Hall–Kier alpha value is -3.25. The van der Waals surface area contributed by atoms with Crippen LogP contribution in [0, 0.1) is 5.82 Å². The van der Waals surface area contributed by atoms with Crippen LogP contribution in [0.4, 0.5) is 33.2 Å². The zero-order valence-electron chi connectivity index (χ0n) is 17.5. The first kappa shape index (κ1) is 22.9. The van der Waals surface area contributed by atoms with Crippen molar-refractivity contribution in [3.8, 4) is 0 Å². The number of benzene rings is 2. The number of carbonyl (C=O) groups excluding carboxylic acids is 2. The SMILES string of the molecule is C[C@H]1CN[C@@](c2ccc3nc(NC(=O)Nc4ccc(F)cc4)sc3c2)(C(F)(F)F)C(=O)N1C. The number of likely N-dealkylation sites (N-methyl/N-ethyl adjacent to an activating group) is 1. The summed E-state index contributed by atoms with van der Waals surface area (Å²) in [6.45, 7) is 1.63. The highest BCUT2D eigenvalue weighted by molar-refractivity contribution is 7.22. The van der Waals surface area contributed by atoms with Gasteiger partial charge < -0.3 is 10.2 Å². The Balaban J connectivity index is 1.62. The monoisotopic (exact) mass is 481 g/mol. The van der Waals surface area contributed by atoms with Crippen LogP contribution in [-0.2, 0) is 10.3 Å². The van der Waals surface area contributed by atoms with Crippen molar-refractivity contribution in [3.63, 3.8) is 0 Å². The molecule has 1 aromatic heterocycles. The number of halogens is 4. The molecule has 174 valence electrons. The topological polar surface area (TPSA) is 86.4 Å². The van der Waals surface area contributed by atoms with Gasteiger partial charge in [0.25, 0.3) is 5.91 Å². The summed E-state index contributed by atoms with van der Waals surface area (Å²) in [5.41, 5.74) is -2.41. The van der Waals surface area contributed by atoms with Gasteiger partial charge in [-0.2, -0.15) is 13.2 Å². The molecule has 7 nitrogen and oxygen atoms in total. The Labute approximate surface area is 189 Å². The summed E-state index contributed by atoms with van der Waals surface area (Å²) in [6.07, 6.45) is -4.88. The standard InChI is InChI=1S/C21H19F4N5O2S/c1-11-10-26-20(21(23,24)25,17(31)30(11)2)12-3-8-15-16(9-12)33-19(28-15)29-18(32)27-14-6-4-13(22)5-7-14/h3-9,11,26H,10H2,1-2H3,(H2,27,28,29,32)/t11-,20+/m0/s1. The lowest BCUT2D eigenvalue weighted by Gasteiger charge is -2.45. The lowest BCUT2D eigenvalue weighted by atomic mass is 9.84. The van der Waals surface area contributed by atoms with Gasteiger partial charge in [-0.1, -0.05) is 17.4 Å². The minimum absolute atomic E-state index is 0.0289. The number of alkyl halides is 3. The fourth-order valence-corrected chi connectivity index (χ4v) is 4.49. The second kappa shape index (κ2) is 8.27. The maximum Gasteiger partial charge on any atom is 0.419 e. The van der Waals surface area contributed by atoms with Gasteiger partial charge in [0.2, 0.25) is 5.54 Å². The van der Waals surface area contributed by atoms with Gasteiger partial charge in [-0.15, -0.1) is 0 Å². The number of carbonyl (C=O) groups is 2. The minimum Gasteiger partial charge on any atom is -0.340 e. The number of nitrogens with one attached hydrogen (secondary N) is 3. The van der Waals surface area contributed by atoms with E-state index in [0.29, 0.717) is 15.9 Å². The molecular formula is C21H19F4N5O2S. The van der Waals surface area contributed by atoms with Crippen molar-refractivity contribution >= 4 is 44.3 Å². The molecule has 2 aromatic carbocycles. The molecule has 3 aromatic rings. The molecule has 0 aliphatic carbocycles. The van der Waals surface area contributed by atoms with Crippen LogP contribution in [0.25, 0.3) is 10.2 Å². The van der Waals surface area contributed by atoms with Crippen LogP contribution < -0.4 is 16.0 Å². The number of thiazole rings is 1. The number of piperazine rings is 1. The van der Waals surface area contributed by atoms with E-state index in [1.54, 1.807) is 6.92 Å². The molecule has 0 radical (unpaired) electrons. The number of aromatic nitrogens is 1. The molecule has 0 unspecified atom stereocenters. The van der Waals surface area contributed by atoms with Crippen LogP contribution in [0.1, 0.15) is 12.5 Å². The van der Waals surface area contributed by atoms with E-state index in [2.05, 4.69) is 20.9 Å². The third-order valence-corrected chi connectivity index (χ3v) is 6.47. The van der Waals surface area contributed by atoms with E-state index in [4.69, 9.17) is 0 Å². The van der Waals surface area contributed by atoms with Crippen molar-refractivity contribution in [2.75, 3.05) is 24.2 Å². The smallest absolute Gasteiger partial charge is 0.340 e. The third-order valence-electron chi connectivity index (χ3n) is 5.53. The van der Waals surface area contributed by atoms with E-state index < -0.39 is 35.5 Å². The van der Waals surface area contributed by atoms with Crippen molar-refractivity contribution in [3.05, 3.63) is 53.8 Å². The van der Waals surface area contributed by atoms with Crippen LogP contribution in [0.3, 0.4) is 0 Å². The number of nitrogens with zero attached hydrogens (tertiary/aromatic N) is 2. The molecular weight excluding hydrogens is 462 g/mol. The van der Waals surface area contributed by atoms with Crippen molar-refractivity contribution in [2.45, 2.75) is 24.7 Å². The predicted molar refractivity (Wildman–Crippen MR) is 117 cm³/mol. The highest BCUT2D eigenvalue weighted by Gasteiger charge is 2.64. The Kier molecular flexibility index (Phi) is 5.74. The quantitative estimate of drug-likeness (QED) is 0.488. The summed E-state index contributed by atoms with van der Waals surface area (Å²) in [4.78, 5) is 30.3. The predicted octanol–water partition coefficient (Wildman–Crippen LogP) is 4.29. The van der Waals surface area contributed by atoms with E-state index in [1.807, 2.05) is 0 Å². The first-order chi connectivity index (χ1) is 15.5. The van der Waals surface area contributed by atoms with Gasteiger partial charge in [0.05, 0.1) is 10.2 Å². The molecule has 0 spiro atoms. The van der Waals surface area contributed by atoms with Gasteiger partial charge >= 0.3 is 12.2 Å². The average molecular weight is 481 g/mol. The summed E-state index contributed by atoms with van der Waals surface area (Å²) in [5.74, 6) is -1.54. The molecule has 4 rings (SSSR count). The van der Waals surface area contributed by atoms with Crippen molar-refractivity contribution in [2.24, 2.45) is 0 Å². The Morgan fingerprint density at radius 2 is 1.91 bits per heavy atom. The number of amides is 3. The molecule has 12 heteroatoms. The maximum atomic E-state index is 14.2. The van der Waals surface area contributed by atoms with Crippen molar-refractivity contribution in [1.29, 1.82) is 0 Å². The van der Waals surface area contributed by atoms with Crippen molar-refractivity contribution in [1.82, 2.24) is 15.2 Å². The van der Waals surface area contributed by atoms with Gasteiger partial charge in [0, 0.05) is 25.3 Å². The molecule has 0 bridgehead atoms. The molecule has 1 fully saturated rings. The summed E-state index contributed by atoms with van der Waals surface area (Å²) in [5, 5.41) is 7.58. The normalized spacial score (nSPS) is 21.3. The zero-order chi connectivity index (χ0) is 24.0. The van der Waals surface area contributed by atoms with E-state index >= 15 is 0 Å². The second-order valence-electron chi connectivity index (χ2n) is 7.68. The highest BCUT2D eigenvalue weighted by Crippen LogP contribution is 2.43. The molecule has 2 heterocycles. The minimum atomic E-state index is -4.88. The summed E-state index contributed by atoms with van der Waals surface area (Å²) >= 11 is 0.966. The largest absolute Gasteiger partial charge is 0.419 e. The van der Waals surface area contributed by atoms with Gasteiger partial charge in [-0.3, -0.25) is 15.4 Å². The Morgan fingerprint density at radius 3 is 2.58 bits per heavy atom. The molecule has 1 aliphatic heterocycles. The Morgan fingerprint density at radius 1 is 1.21 bits per heavy atom. The molecule has 3 N–H and O–H groups in total. The Bertz CT molecular complexity index is 1210. The lowest BCUT2D eigenvalue weighted by molar-refractivity contribution is -0.215. The maximum absolute atomic E-state index is 14.2. The van der Waals surface area contributed by atoms with Crippen LogP contribution in [0.2, 0.25) is 0 Å². The molecule has 0 saturated carbocycles. The summed E-state index contributed by atoms with van der Waals surface area (Å²) in [7, 11) is 1.35. The number of anilines is 2. The van der Waals surface area contributed by atoms with E-state index in [0.717, 1.165) is 16.2 Å². The van der Waals surface area contributed by atoms with E-state index in [-0.39, 0.29) is 17.2 Å². The van der Waals surface area contributed by atoms with Gasteiger partial charge in [-0.25, -0.2) is 14.2 Å². The second-order valence-corrected chi connectivity index (χ2v) is 8.71. The number of hydrogen-bond donors (Lipinski definition) is 3. The van der Waals surface area contributed by atoms with Gasteiger partial charge in [-0.05, 0) is 48.9 Å². The molecule has 1 aliphatic rings. The van der Waals surface area contributed by atoms with Crippen LogP contribution in [0.5, 0.6) is 0 Å². The number of urea groups is 1. The first-order valence-corrected chi connectivity index (χ1v) is 10.7. The fourth-order valence-electron chi connectivity index (χ4n) is 3.59. The van der Waals surface area contributed by atoms with Crippen molar-refractivity contribution < 1.29 is 27.2 Å². The third kappa shape index (κ3) is 4.11. The van der Waals surface area contributed by atoms with Gasteiger partial charge in [0.1, 0.15) is 5.82 Å². The summed E-state index contributed by atoms with van der Waals surface area (Å²) in [6, 6.07) is 7.94. The molecule has 3 amide bonds. The molecule has 2 atom stereocenters. The average Bonchev–Trinajstić information content (AvgIpc) is 3.14.